The number of methoxy groups -OCH3 is 1. The highest BCUT2D eigenvalue weighted by Gasteiger charge is 2.21. The van der Waals surface area contributed by atoms with Crippen molar-refractivity contribution in [3.8, 4) is 17.1 Å². The molecule has 0 N–H and O–H groups in total. The van der Waals surface area contributed by atoms with Crippen molar-refractivity contribution in [1.29, 1.82) is 0 Å². The van der Waals surface area contributed by atoms with Crippen molar-refractivity contribution >= 4 is 28.4 Å². The number of nitrogens with zero attached hydrogens (tertiary/aromatic N) is 6. The molecule has 9 nitrogen and oxygen atoms in total. The predicted molar refractivity (Wildman–Crippen MR) is 107 cm³/mol. The number of hydrogen-bond donors (Lipinski definition) is 0. The van der Waals surface area contributed by atoms with Crippen molar-refractivity contribution in [1.82, 2.24) is 28.7 Å². The number of aryl methyl sites for hydroxylation is 1. The summed E-state index contributed by atoms with van der Waals surface area (Å²) >= 11 is 1.50. The van der Waals surface area contributed by atoms with Crippen LogP contribution in [0.2, 0.25) is 0 Å². The Hall–Kier alpha value is -3.14. The molecule has 144 valence electrons. The highest BCUT2D eigenvalue weighted by molar-refractivity contribution is 7.99. The SMILES string of the molecule is CCSc1nnc2c3c(=O)n(C)c(=O)n(C)c3nc(-c3ccc(OC)cc3)n12. The highest BCUT2D eigenvalue weighted by Crippen LogP contribution is 2.28. The third-order valence-electron chi connectivity index (χ3n) is 4.54. The van der Waals surface area contributed by atoms with E-state index >= 15 is 0 Å². The molecular weight excluding hydrogens is 380 g/mol. The summed E-state index contributed by atoms with van der Waals surface area (Å²) in [7, 11) is 4.63. The average molecular weight is 398 g/mol. The molecule has 0 saturated heterocycles. The first-order valence-corrected chi connectivity index (χ1v) is 9.58. The van der Waals surface area contributed by atoms with Gasteiger partial charge in [-0.1, -0.05) is 18.7 Å². The van der Waals surface area contributed by atoms with Gasteiger partial charge in [-0.15, -0.1) is 10.2 Å². The molecule has 10 heteroatoms. The molecule has 0 aliphatic carbocycles. The monoisotopic (exact) mass is 398 g/mol. The van der Waals surface area contributed by atoms with Crippen LogP contribution < -0.4 is 16.0 Å². The molecule has 0 radical (unpaired) electrons. The molecule has 0 amide bonds. The summed E-state index contributed by atoms with van der Waals surface area (Å²) in [5.41, 5.74) is 0.545. The van der Waals surface area contributed by atoms with Crippen LogP contribution in [0.1, 0.15) is 6.92 Å². The summed E-state index contributed by atoms with van der Waals surface area (Å²) in [5, 5.41) is 9.40. The zero-order valence-electron chi connectivity index (χ0n) is 15.8. The molecule has 0 unspecified atom stereocenters. The van der Waals surface area contributed by atoms with E-state index < -0.39 is 11.2 Å². The van der Waals surface area contributed by atoms with E-state index in [9.17, 15) is 9.59 Å². The third kappa shape index (κ3) is 2.60. The van der Waals surface area contributed by atoms with E-state index in [4.69, 9.17) is 4.74 Å². The van der Waals surface area contributed by atoms with Gasteiger partial charge in [-0.3, -0.25) is 18.3 Å². The number of thioether (sulfide) groups is 1. The topological polar surface area (TPSA) is 96.3 Å². The number of benzene rings is 1. The van der Waals surface area contributed by atoms with Crippen LogP contribution in [0.5, 0.6) is 5.75 Å². The fourth-order valence-corrected chi connectivity index (χ4v) is 3.75. The molecule has 3 heterocycles. The molecule has 4 aromatic rings. The van der Waals surface area contributed by atoms with E-state index in [-0.39, 0.29) is 11.0 Å². The van der Waals surface area contributed by atoms with Crippen LogP contribution in [-0.4, -0.2) is 41.6 Å². The van der Waals surface area contributed by atoms with E-state index in [0.29, 0.717) is 22.4 Å². The summed E-state index contributed by atoms with van der Waals surface area (Å²) in [6.07, 6.45) is 0. The van der Waals surface area contributed by atoms with Gasteiger partial charge in [0.15, 0.2) is 16.5 Å². The van der Waals surface area contributed by atoms with Crippen molar-refractivity contribution < 1.29 is 4.74 Å². The van der Waals surface area contributed by atoms with Gasteiger partial charge in [-0.25, -0.2) is 9.78 Å². The van der Waals surface area contributed by atoms with Gasteiger partial charge in [0.25, 0.3) is 5.56 Å². The van der Waals surface area contributed by atoms with E-state index in [1.807, 2.05) is 31.2 Å². The van der Waals surface area contributed by atoms with Crippen molar-refractivity contribution in [2.45, 2.75) is 12.1 Å². The van der Waals surface area contributed by atoms with E-state index in [1.165, 1.54) is 23.4 Å². The number of ether oxygens (including phenoxy) is 1. The Kier molecular flexibility index (Phi) is 4.42. The van der Waals surface area contributed by atoms with Gasteiger partial charge in [-0.05, 0) is 30.0 Å². The highest BCUT2D eigenvalue weighted by atomic mass is 32.2. The lowest BCUT2D eigenvalue weighted by Gasteiger charge is -2.12. The second kappa shape index (κ2) is 6.79. The maximum atomic E-state index is 12.8. The molecule has 0 saturated carbocycles. The lowest BCUT2D eigenvalue weighted by Crippen LogP contribution is -2.37. The lowest BCUT2D eigenvalue weighted by atomic mass is 10.2. The minimum Gasteiger partial charge on any atom is -0.497 e. The Morgan fingerprint density at radius 1 is 1.04 bits per heavy atom. The fraction of sp³-hybridized carbons (Fsp3) is 0.278. The zero-order valence-corrected chi connectivity index (χ0v) is 16.6. The molecule has 4 rings (SSSR count). The summed E-state index contributed by atoms with van der Waals surface area (Å²) in [6, 6.07) is 7.39. The maximum Gasteiger partial charge on any atom is 0.332 e. The van der Waals surface area contributed by atoms with Crippen LogP contribution in [0.4, 0.5) is 0 Å². The van der Waals surface area contributed by atoms with E-state index in [1.54, 1.807) is 18.6 Å². The van der Waals surface area contributed by atoms with Crippen LogP contribution >= 0.6 is 11.8 Å². The third-order valence-corrected chi connectivity index (χ3v) is 5.35. The van der Waals surface area contributed by atoms with Crippen LogP contribution in [0.3, 0.4) is 0 Å². The number of fused-ring (bicyclic) bond motifs is 3. The van der Waals surface area contributed by atoms with Gasteiger partial charge in [-0.2, -0.15) is 0 Å². The van der Waals surface area contributed by atoms with Crippen molar-refractivity contribution in [3.63, 3.8) is 0 Å². The second-order valence-corrected chi connectivity index (χ2v) is 7.37. The lowest BCUT2D eigenvalue weighted by molar-refractivity contribution is 0.415. The van der Waals surface area contributed by atoms with Gasteiger partial charge in [0.05, 0.1) is 7.11 Å². The minimum absolute atomic E-state index is 0.261. The van der Waals surface area contributed by atoms with Gasteiger partial charge in [0.2, 0.25) is 0 Å². The van der Waals surface area contributed by atoms with Crippen molar-refractivity contribution in [3.05, 3.63) is 45.1 Å². The average Bonchev–Trinajstić information content (AvgIpc) is 3.13. The maximum absolute atomic E-state index is 12.8. The quantitative estimate of drug-likeness (QED) is 0.480. The van der Waals surface area contributed by atoms with Gasteiger partial charge < -0.3 is 4.74 Å². The molecule has 1 aromatic carbocycles. The number of rotatable bonds is 4. The van der Waals surface area contributed by atoms with Crippen LogP contribution in [0.25, 0.3) is 28.1 Å². The molecule has 28 heavy (non-hydrogen) atoms. The Balaban J connectivity index is 2.19. The predicted octanol–water partition coefficient (Wildman–Crippen LogP) is 1.46. The molecule has 3 aromatic heterocycles. The van der Waals surface area contributed by atoms with Gasteiger partial charge >= 0.3 is 5.69 Å². The summed E-state index contributed by atoms with van der Waals surface area (Å²) in [5.74, 6) is 2.05. The smallest absolute Gasteiger partial charge is 0.332 e. The Morgan fingerprint density at radius 3 is 2.39 bits per heavy atom. The normalized spacial score (nSPS) is 11.4. The van der Waals surface area contributed by atoms with Crippen LogP contribution in [-0.2, 0) is 14.1 Å². The number of hydrogen-bond acceptors (Lipinski definition) is 7. The molecule has 0 spiro atoms. The Morgan fingerprint density at radius 2 is 1.75 bits per heavy atom. The fourth-order valence-electron chi connectivity index (χ4n) is 3.09. The molecule has 0 atom stereocenters. The van der Waals surface area contributed by atoms with Crippen molar-refractivity contribution in [2.75, 3.05) is 12.9 Å². The molecule has 0 aliphatic rings. The van der Waals surface area contributed by atoms with Crippen LogP contribution in [0, 0.1) is 0 Å². The van der Waals surface area contributed by atoms with Gasteiger partial charge in [0.1, 0.15) is 17.0 Å². The first kappa shape index (κ1) is 18.2. The first-order valence-electron chi connectivity index (χ1n) is 8.60. The van der Waals surface area contributed by atoms with E-state index in [2.05, 4.69) is 15.2 Å². The minimum atomic E-state index is -0.447. The summed E-state index contributed by atoms with van der Waals surface area (Å²) < 4.78 is 9.40. The number of aromatic nitrogens is 6. The zero-order chi connectivity index (χ0) is 20.0. The largest absolute Gasteiger partial charge is 0.497 e. The molecular formula is C18H18N6O3S. The molecule has 0 aliphatic heterocycles. The van der Waals surface area contributed by atoms with Crippen molar-refractivity contribution in [2.24, 2.45) is 14.1 Å². The Bertz CT molecular complexity index is 1320. The second-order valence-electron chi connectivity index (χ2n) is 6.14. The van der Waals surface area contributed by atoms with Gasteiger partial charge in [0, 0.05) is 19.7 Å². The standard InChI is InChI=1S/C18H18N6O3S/c1-5-28-17-21-20-15-12-14(22(2)18(26)23(3)16(12)25)19-13(24(15)17)10-6-8-11(27-4)9-7-10/h6-9H,5H2,1-4H3. The summed E-state index contributed by atoms with van der Waals surface area (Å²) in [6.45, 7) is 2.01. The first-order chi connectivity index (χ1) is 13.5. The Labute approximate surface area is 163 Å². The van der Waals surface area contributed by atoms with Crippen LogP contribution in [0.15, 0.2) is 39.0 Å². The van der Waals surface area contributed by atoms with E-state index in [0.717, 1.165) is 15.9 Å². The summed E-state index contributed by atoms with van der Waals surface area (Å²) in [4.78, 5) is 29.9. The molecule has 0 fully saturated rings. The molecule has 0 bridgehead atoms.